The summed E-state index contributed by atoms with van der Waals surface area (Å²) in [5, 5.41) is 9.57. The van der Waals surface area contributed by atoms with Gasteiger partial charge in [-0.05, 0) is 25.8 Å². The Labute approximate surface area is 88.5 Å². The molecule has 82 valence electrons. The molecule has 1 aliphatic rings. The number of aliphatic hydroxyl groups is 1. The average molecular weight is 209 g/mol. The second-order valence-corrected chi connectivity index (χ2v) is 4.03. The molecule has 1 aliphatic heterocycles. The van der Waals surface area contributed by atoms with Gasteiger partial charge in [-0.15, -0.1) is 0 Å². The number of anilines is 1. The number of β-amino-alcohol motifs (C(OH)–C–C–N with tert-alkyl or cyclic N) is 1. The van der Waals surface area contributed by atoms with E-state index in [0.29, 0.717) is 30.5 Å². The number of hydrogen-bond donors (Lipinski definition) is 1. The van der Waals surface area contributed by atoms with Gasteiger partial charge in [-0.2, -0.15) is 0 Å². The lowest BCUT2D eigenvalue weighted by molar-refractivity contribution is 0.109. The van der Waals surface area contributed by atoms with Crippen molar-refractivity contribution in [3.05, 3.63) is 17.9 Å². The van der Waals surface area contributed by atoms with Gasteiger partial charge >= 0.3 is 0 Å². The number of hydrogen-bond acceptors (Lipinski definition) is 4. The van der Waals surface area contributed by atoms with E-state index in [1.54, 1.807) is 12.1 Å². The minimum absolute atomic E-state index is 0.300. The van der Waals surface area contributed by atoms with Crippen LogP contribution in [0.2, 0.25) is 0 Å². The van der Waals surface area contributed by atoms with Gasteiger partial charge in [0.2, 0.25) is 0 Å². The number of rotatable bonds is 2. The Kier molecular flexibility index (Phi) is 2.77. The highest BCUT2D eigenvalue weighted by atomic mass is 16.4. The molecule has 1 aromatic heterocycles. The van der Waals surface area contributed by atoms with E-state index in [9.17, 15) is 9.90 Å². The van der Waals surface area contributed by atoms with E-state index in [2.05, 4.69) is 6.92 Å². The molecule has 4 heteroatoms. The molecule has 1 fully saturated rings. The highest BCUT2D eigenvalue weighted by Crippen LogP contribution is 2.26. The van der Waals surface area contributed by atoms with Crippen LogP contribution in [-0.2, 0) is 0 Å². The third-order valence-corrected chi connectivity index (χ3v) is 2.87. The molecule has 0 aromatic carbocycles. The highest BCUT2D eigenvalue weighted by molar-refractivity contribution is 5.71. The molecule has 0 radical (unpaired) electrons. The zero-order valence-corrected chi connectivity index (χ0v) is 8.72. The first-order valence-electron chi connectivity index (χ1n) is 5.20. The van der Waals surface area contributed by atoms with Crippen molar-refractivity contribution in [3.8, 4) is 0 Å². The van der Waals surface area contributed by atoms with Gasteiger partial charge < -0.3 is 14.4 Å². The molecule has 0 bridgehead atoms. The van der Waals surface area contributed by atoms with Gasteiger partial charge in [0.25, 0.3) is 0 Å². The van der Waals surface area contributed by atoms with Gasteiger partial charge in [0.05, 0.1) is 6.10 Å². The molecule has 4 nitrogen and oxygen atoms in total. The van der Waals surface area contributed by atoms with E-state index in [0.717, 1.165) is 12.8 Å². The van der Waals surface area contributed by atoms with E-state index in [-0.39, 0.29) is 6.10 Å². The number of furan rings is 1. The molecule has 1 aromatic rings. The molecule has 1 N–H and O–H groups in total. The Morgan fingerprint density at radius 1 is 1.53 bits per heavy atom. The van der Waals surface area contributed by atoms with Crippen LogP contribution in [0.5, 0.6) is 0 Å². The van der Waals surface area contributed by atoms with Gasteiger partial charge in [0.1, 0.15) is 0 Å². The third-order valence-electron chi connectivity index (χ3n) is 2.87. The molecule has 0 aliphatic carbocycles. The molecule has 0 saturated carbocycles. The first-order valence-corrected chi connectivity index (χ1v) is 5.20. The lowest BCUT2D eigenvalue weighted by atomic mass is 10.0. The summed E-state index contributed by atoms with van der Waals surface area (Å²) in [7, 11) is 0. The summed E-state index contributed by atoms with van der Waals surface area (Å²) in [4.78, 5) is 12.5. The van der Waals surface area contributed by atoms with Crippen LogP contribution < -0.4 is 4.90 Å². The van der Waals surface area contributed by atoms with Crippen molar-refractivity contribution in [2.24, 2.45) is 0 Å². The van der Waals surface area contributed by atoms with Gasteiger partial charge in [-0.25, -0.2) is 0 Å². The maximum Gasteiger partial charge on any atom is 0.196 e. The Morgan fingerprint density at radius 2 is 2.33 bits per heavy atom. The molecule has 0 amide bonds. The minimum Gasteiger partial charge on any atom is -0.438 e. The van der Waals surface area contributed by atoms with Crippen LogP contribution in [0.15, 0.2) is 16.5 Å². The predicted molar refractivity (Wildman–Crippen MR) is 56.1 cm³/mol. The van der Waals surface area contributed by atoms with Crippen LogP contribution in [-0.4, -0.2) is 30.1 Å². The molecule has 1 saturated heterocycles. The zero-order chi connectivity index (χ0) is 10.8. The van der Waals surface area contributed by atoms with Crippen molar-refractivity contribution in [2.45, 2.75) is 31.9 Å². The SMILES string of the molecule is C[C@@H]1CC[C@@H](O)CN1c1ccc(C=O)o1. The molecule has 15 heavy (non-hydrogen) atoms. The van der Waals surface area contributed by atoms with Crippen LogP contribution in [0, 0.1) is 0 Å². The Hall–Kier alpha value is -1.29. The summed E-state index contributed by atoms with van der Waals surface area (Å²) in [6.07, 6.45) is 2.16. The quantitative estimate of drug-likeness (QED) is 0.749. The number of aldehydes is 1. The van der Waals surface area contributed by atoms with E-state index in [4.69, 9.17) is 4.42 Å². The number of piperidine rings is 1. The Balaban J connectivity index is 2.17. The summed E-state index contributed by atoms with van der Waals surface area (Å²) in [6, 6.07) is 3.77. The monoisotopic (exact) mass is 209 g/mol. The Morgan fingerprint density at radius 3 is 3.00 bits per heavy atom. The number of carbonyl (C=O) groups is 1. The van der Waals surface area contributed by atoms with Crippen molar-refractivity contribution in [3.63, 3.8) is 0 Å². The van der Waals surface area contributed by atoms with Gasteiger partial charge in [-0.3, -0.25) is 4.79 Å². The van der Waals surface area contributed by atoms with E-state index in [1.807, 2.05) is 4.90 Å². The molecule has 2 rings (SSSR count). The maximum absolute atomic E-state index is 10.5. The first kappa shape index (κ1) is 10.2. The molecular weight excluding hydrogens is 194 g/mol. The summed E-state index contributed by atoms with van der Waals surface area (Å²) in [6.45, 7) is 2.67. The topological polar surface area (TPSA) is 53.7 Å². The third kappa shape index (κ3) is 2.04. The smallest absolute Gasteiger partial charge is 0.196 e. The second kappa shape index (κ2) is 4.06. The largest absolute Gasteiger partial charge is 0.438 e. The summed E-state index contributed by atoms with van der Waals surface area (Å²) in [5.41, 5.74) is 0. The zero-order valence-electron chi connectivity index (χ0n) is 8.72. The normalized spacial score (nSPS) is 26.7. The van der Waals surface area contributed by atoms with Crippen LogP contribution >= 0.6 is 0 Å². The Bertz CT molecular complexity index is 347. The van der Waals surface area contributed by atoms with Crippen molar-refractivity contribution in [1.82, 2.24) is 0 Å². The predicted octanol–water partition coefficient (Wildman–Crippen LogP) is 1.44. The number of nitrogens with zero attached hydrogens (tertiary/aromatic N) is 1. The van der Waals surface area contributed by atoms with Gasteiger partial charge in [-0.1, -0.05) is 0 Å². The van der Waals surface area contributed by atoms with Crippen molar-refractivity contribution in [1.29, 1.82) is 0 Å². The van der Waals surface area contributed by atoms with Crippen LogP contribution in [0.1, 0.15) is 30.3 Å². The second-order valence-electron chi connectivity index (χ2n) is 4.03. The molecule has 0 unspecified atom stereocenters. The fourth-order valence-corrected chi connectivity index (χ4v) is 1.95. The fraction of sp³-hybridized carbons (Fsp3) is 0.545. The summed E-state index contributed by atoms with van der Waals surface area (Å²) in [5.74, 6) is 1.00. The van der Waals surface area contributed by atoms with Gasteiger partial charge in [0, 0.05) is 18.7 Å². The van der Waals surface area contributed by atoms with Crippen molar-refractivity contribution in [2.75, 3.05) is 11.4 Å². The number of carbonyl (C=O) groups excluding carboxylic acids is 1. The van der Waals surface area contributed by atoms with E-state index in [1.165, 1.54) is 0 Å². The lowest BCUT2D eigenvalue weighted by Gasteiger charge is -2.35. The first-order chi connectivity index (χ1) is 7.20. The number of aliphatic hydroxyl groups excluding tert-OH is 1. The molecule has 2 heterocycles. The van der Waals surface area contributed by atoms with E-state index >= 15 is 0 Å². The summed E-state index contributed by atoms with van der Waals surface area (Å²) >= 11 is 0. The minimum atomic E-state index is -0.300. The average Bonchev–Trinajstić information content (AvgIpc) is 2.70. The molecule has 2 atom stereocenters. The standard InChI is InChI=1S/C11H15NO3/c1-8-2-3-9(14)6-12(8)11-5-4-10(7-13)15-11/h4-5,7-9,14H,2-3,6H2,1H3/t8-,9-/m1/s1. The lowest BCUT2D eigenvalue weighted by Crippen LogP contribution is -2.44. The van der Waals surface area contributed by atoms with Crippen LogP contribution in [0.4, 0.5) is 5.88 Å². The maximum atomic E-state index is 10.5. The molecular formula is C11H15NO3. The van der Waals surface area contributed by atoms with E-state index < -0.39 is 0 Å². The molecule has 0 spiro atoms. The van der Waals surface area contributed by atoms with Crippen LogP contribution in [0.3, 0.4) is 0 Å². The van der Waals surface area contributed by atoms with Crippen molar-refractivity contribution >= 4 is 12.2 Å². The van der Waals surface area contributed by atoms with Gasteiger partial charge in [0.15, 0.2) is 17.9 Å². The summed E-state index contributed by atoms with van der Waals surface area (Å²) < 4.78 is 5.34. The van der Waals surface area contributed by atoms with Crippen LogP contribution in [0.25, 0.3) is 0 Å². The highest BCUT2D eigenvalue weighted by Gasteiger charge is 2.26. The van der Waals surface area contributed by atoms with Crippen molar-refractivity contribution < 1.29 is 14.3 Å². The fourth-order valence-electron chi connectivity index (χ4n) is 1.95.